The van der Waals surface area contributed by atoms with Crippen LogP contribution in [0.1, 0.15) is 12.8 Å². The Morgan fingerprint density at radius 3 is 2.82 bits per heavy atom. The maximum Gasteiger partial charge on any atom is 0.232 e. The fraction of sp³-hybridized carbons (Fsp3) is 0.462. The molecule has 17 heavy (non-hydrogen) atoms. The molecule has 0 saturated heterocycles. The fourth-order valence-corrected chi connectivity index (χ4v) is 2.58. The lowest BCUT2D eigenvalue weighted by molar-refractivity contribution is -0.120. The van der Waals surface area contributed by atoms with E-state index < -0.39 is 0 Å². The Labute approximate surface area is 101 Å². The minimum absolute atomic E-state index is 0.149. The van der Waals surface area contributed by atoms with Gasteiger partial charge in [-0.15, -0.1) is 0 Å². The van der Waals surface area contributed by atoms with E-state index in [2.05, 4.69) is 10.2 Å². The lowest BCUT2D eigenvalue weighted by atomic mass is 10.1. The summed E-state index contributed by atoms with van der Waals surface area (Å²) in [7, 11) is 3.67. The molecule has 1 saturated carbocycles. The second-order valence-corrected chi connectivity index (χ2v) is 4.95. The van der Waals surface area contributed by atoms with E-state index >= 15 is 0 Å². The lowest BCUT2D eigenvalue weighted by Crippen LogP contribution is -2.31. The average Bonchev–Trinajstić information content (AvgIpc) is 3.09. The monoisotopic (exact) mass is 232 g/mol. The van der Waals surface area contributed by atoms with Crippen molar-refractivity contribution in [1.82, 2.24) is 0 Å². The molecule has 1 aromatic carbocycles. The van der Waals surface area contributed by atoms with E-state index in [4.69, 9.17) is 4.74 Å². The topological polar surface area (TPSA) is 41.6 Å². The first-order valence-corrected chi connectivity index (χ1v) is 5.86. The molecule has 4 nitrogen and oxygen atoms in total. The lowest BCUT2D eigenvalue weighted by Gasteiger charge is -2.23. The number of methoxy groups -OCH3 is 1. The molecule has 0 atom stereocenters. The van der Waals surface area contributed by atoms with Crippen LogP contribution in [0.15, 0.2) is 18.2 Å². The molecule has 1 N–H and O–H groups in total. The molecule has 1 aliphatic carbocycles. The first-order valence-electron chi connectivity index (χ1n) is 5.86. The number of amides is 1. The molecule has 0 aromatic heterocycles. The number of ether oxygens (including phenoxy) is 1. The third-order valence-electron chi connectivity index (χ3n) is 3.72. The van der Waals surface area contributed by atoms with Gasteiger partial charge >= 0.3 is 0 Å². The maximum atomic E-state index is 12.1. The minimum Gasteiger partial charge on any atom is -0.495 e. The van der Waals surface area contributed by atoms with Crippen LogP contribution in [0.2, 0.25) is 0 Å². The number of carbonyl (C=O) groups is 1. The van der Waals surface area contributed by atoms with Crippen molar-refractivity contribution in [2.75, 3.05) is 30.9 Å². The van der Waals surface area contributed by atoms with E-state index in [0.717, 1.165) is 36.5 Å². The van der Waals surface area contributed by atoms with Crippen LogP contribution in [0.5, 0.6) is 5.75 Å². The van der Waals surface area contributed by atoms with Gasteiger partial charge in [-0.3, -0.25) is 4.79 Å². The Morgan fingerprint density at radius 2 is 2.18 bits per heavy atom. The third-order valence-corrected chi connectivity index (χ3v) is 3.72. The number of hydrogen-bond acceptors (Lipinski definition) is 3. The quantitative estimate of drug-likeness (QED) is 0.803. The summed E-state index contributed by atoms with van der Waals surface area (Å²) in [6.07, 6.45) is 1.97. The highest BCUT2D eigenvalue weighted by Crippen LogP contribution is 2.51. The predicted octanol–water partition coefficient (Wildman–Crippen LogP) is 1.86. The number of carbonyl (C=O) groups excluding carboxylic acids is 1. The van der Waals surface area contributed by atoms with Crippen LogP contribution >= 0.6 is 0 Å². The largest absolute Gasteiger partial charge is 0.495 e. The standard InChI is InChI=1S/C13H16N2O2/c1-15-8-13(6-7-13)12(16)14-9-4-3-5-10(17-2)11(9)15/h3-5H,6-8H2,1-2H3,(H,14,16). The van der Waals surface area contributed by atoms with Gasteiger partial charge in [0.05, 0.1) is 18.2 Å². The van der Waals surface area contributed by atoms with E-state index in [1.54, 1.807) is 7.11 Å². The van der Waals surface area contributed by atoms with Crippen LogP contribution in [-0.2, 0) is 4.79 Å². The summed E-state index contributed by atoms with van der Waals surface area (Å²) in [6, 6.07) is 5.75. The van der Waals surface area contributed by atoms with E-state index in [9.17, 15) is 4.79 Å². The molecule has 0 unspecified atom stereocenters. The Bertz CT molecular complexity index is 480. The van der Waals surface area contributed by atoms with Gasteiger partial charge in [0.15, 0.2) is 0 Å². The molecule has 1 amide bonds. The van der Waals surface area contributed by atoms with Gasteiger partial charge in [-0.25, -0.2) is 0 Å². The molecule has 1 heterocycles. The highest BCUT2D eigenvalue weighted by molar-refractivity contribution is 6.02. The van der Waals surface area contributed by atoms with Crippen LogP contribution in [0.4, 0.5) is 11.4 Å². The van der Waals surface area contributed by atoms with Gasteiger partial charge in [0.2, 0.25) is 5.91 Å². The van der Waals surface area contributed by atoms with E-state index in [1.165, 1.54) is 0 Å². The number of rotatable bonds is 1. The molecule has 1 fully saturated rings. The zero-order valence-electron chi connectivity index (χ0n) is 10.1. The average molecular weight is 232 g/mol. The molecule has 1 spiro atoms. The normalized spacial score (nSPS) is 20.6. The minimum atomic E-state index is -0.168. The van der Waals surface area contributed by atoms with Crippen molar-refractivity contribution >= 4 is 17.3 Å². The van der Waals surface area contributed by atoms with Crippen LogP contribution in [0.25, 0.3) is 0 Å². The van der Waals surface area contributed by atoms with Gasteiger partial charge in [0.1, 0.15) is 11.4 Å². The number of para-hydroxylation sites is 1. The van der Waals surface area contributed by atoms with Crippen LogP contribution < -0.4 is 15.0 Å². The number of fused-ring (bicyclic) bond motifs is 1. The van der Waals surface area contributed by atoms with E-state index in [1.807, 2.05) is 25.2 Å². The molecular weight excluding hydrogens is 216 g/mol. The smallest absolute Gasteiger partial charge is 0.232 e. The highest BCUT2D eigenvalue weighted by Gasteiger charge is 2.52. The van der Waals surface area contributed by atoms with Crippen LogP contribution in [0.3, 0.4) is 0 Å². The van der Waals surface area contributed by atoms with E-state index in [0.29, 0.717) is 0 Å². The van der Waals surface area contributed by atoms with Gasteiger partial charge < -0.3 is 15.0 Å². The first-order chi connectivity index (χ1) is 8.16. The molecule has 3 rings (SSSR count). The zero-order chi connectivity index (χ0) is 12.0. The van der Waals surface area contributed by atoms with Crippen molar-refractivity contribution in [2.45, 2.75) is 12.8 Å². The molecule has 4 heteroatoms. The summed E-state index contributed by atoms with van der Waals surface area (Å²) >= 11 is 0. The van der Waals surface area contributed by atoms with Crippen molar-refractivity contribution in [3.8, 4) is 5.75 Å². The second kappa shape index (κ2) is 3.39. The summed E-state index contributed by atoms with van der Waals surface area (Å²) in [5.74, 6) is 0.958. The van der Waals surface area contributed by atoms with Gasteiger partial charge in [0.25, 0.3) is 0 Å². The number of hydrogen-bond donors (Lipinski definition) is 1. The summed E-state index contributed by atoms with van der Waals surface area (Å²) in [6.45, 7) is 0.770. The highest BCUT2D eigenvalue weighted by atomic mass is 16.5. The maximum absolute atomic E-state index is 12.1. The molecular formula is C13H16N2O2. The third kappa shape index (κ3) is 1.47. The Morgan fingerprint density at radius 1 is 1.41 bits per heavy atom. The van der Waals surface area contributed by atoms with Gasteiger partial charge in [-0.2, -0.15) is 0 Å². The molecule has 90 valence electrons. The Hall–Kier alpha value is -1.71. The number of anilines is 2. The summed E-state index contributed by atoms with van der Waals surface area (Å²) in [5, 5.41) is 3.02. The molecule has 2 aliphatic rings. The fourth-order valence-electron chi connectivity index (χ4n) is 2.58. The molecule has 0 bridgehead atoms. The van der Waals surface area contributed by atoms with Crippen LogP contribution in [-0.4, -0.2) is 26.6 Å². The van der Waals surface area contributed by atoms with Crippen molar-refractivity contribution < 1.29 is 9.53 Å². The SMILES string of the molecule is COc1cccc2c1N(C)CC1(CC1)C(=O)N2. The van der Waals surface area contributed by atoms with Crippen molar-refractivity contribution in [3.63, 3.8) is 0 Å². The molecule has 1 aliphatic heterocycles. The Balaban J connectivity index is 2.09. The molecule has 1 aromatic rings. The zero-order valence-corrected chi connectivity index (χ0v) is 10.1. The van der Waals surface area contributed by atoms with Gasteiger partial charge in [0, 0.05) is 13.6 Å². The Kier molecular flexibility index (Phi) is 2.08. The van der Waals surface area contributed by atoms with E-state index in [-0.39, 0.29) is 11.3 Å². The van der Waals surface area contributed by atoms with Crippen molar-refractivity contribution in [3.05, 3.63) is 18.2 Å². The van der Waals surface area contributed by atoms with Crippen LogP contribution in [0, 0.1) is 5.41 Å². The van der Waals surface area contributed by atoms with Gasteiger partial charge in [-0.1, -0.05) is 6.07 Å². The first kappa shape index (κ1) is 10.4. The molecule has 0 radical (unpaired) electrons. The summed E-state index contributed by atoms with van der Waals surface area (Å²) < 4.78 is 5.37. The van der Waals surface area contributed by atoms with Gasteiger partial charge in [-0.05, 0) is 25.0 Å². The number of nitrogens with one attached hydrogen (secondary N) is 1. The summed E-state index contributed by atoms with van der Waals surface area (Å²) in [5.41, 5.74) is 1.66. The predicted molar refractivity (Wildman–Crippen MR) is 66.6 cm³/mol. The number of benzene rings is 1. The summed E-state index contributed by atoms with van der Waals surface area (Å²) in [4.78, 5) is 14.3. The second-order valence-electron chi connectivity index (χ2n) is 4.95. The number of nitrogens with zero attached hydrogens (tertiary/aromatic N) is 1. The van der Waals surface area contributed by atoms with Crippen molar-refractivity contribution in [2.24, 2.45) is 5.41 Å². The van der Waals surface area contributed by atoms with Crippen molar-refractivity contribution in [1.29, 1.82) is 0 Å².